The molecular weight excluding hydrogens is 243 g/mol. The number of alkyl halides is 3. The summed E-state index contributed by atoms with van der Waals surface area (Å²) in [7, 11) is 0. The highest BCUT2D eigenvalue weighted by molar-refractivity contribution is 5.63. The maximum absolute atomic E-state index is 12.6. The minimum Gasteiger partial charge on any atom is -0.326 e. The normalized spacial score (nSPS) is 11.6. The third-order valence-electron chi connectivity index (χ3n) is 2.56. The first-order valence-electron chi connectivity index (χ1n) is 5.25. The predicted molar refractivity (Wildman–Crippen MR) is 62.2 cm³/mol. The van der Waals surface area contributed by atoms with E-state index in [1.807, 2.05) is 0 Å². The highest BCUT2D eigenvalue weighted by Crippen LogP contribution is 2.31. The van der Waals surface area contributed by atoms with Gasteiger partial charge >= 0.3 is 6.18 Å². The molecule has 0 radical (unpaired) electrons. The highest BCUT2D eigenvalue weighted by atomic mass is 19.4. The molecule has 1 N–H and O–H groups in total. The zero-order valence-corrected chi connectivity index (χ0v) is 9.51. The first kappa shape index (κ1) is 12.4. The van der Waals surface area contributed by atoms with Crippen LogP contribution in [0.5, 0.6) is 0 Å². The molecule has 0 amide bonds. The van der Waals surface area contributed by atoms with E-state index in [9.17, 15) is 18.0 Å². The maximum atomic E-state index is 12.6. The van der Waals surface area contributed by atoms with E-state index in [1.54, 1.807) is 13.0 Å². The summed E-state index contributed by atoms with van der Waals surface area (Å²) in [5.41, 5.74) is -0.0113. The van der Waals surface area contributed by atoms with Gasteiger partial charge in [0.2, 0.25) is 0 Å². The van der Waals surface area contributed by atoms with Crippen molar-refractivity contribution < 1.29 is 13.2 Å². The maximum Gasteiger partial charge on any atom is 0.416 e. The standard InChI is InChI=1S/C13H10F3NO/c1-8-5-6-11(12(18)17-8)9-3-2-4-10(7-9)13(14,15)16/h2-7H,1H3,(H,17,18). The van der Waals surface area contributed by atoms with Crippen LogP contribution < -0.4 is 5.56 Å². The van der Waals surface area contributed by atoms with Gasteiger partial charge in [0.15, 0.2) is 0 Å². The average Bonchev–Trinajstić information content (AvgIpc) is 2.28. The number of rotatable bonds is 1. The van der Waals surface area contributed by atoms with E-state index >= 15 is 0 Å². The molecule has 18 heavy (non-hydrogen) atoms. The van der Waals surface area contributed by atoms with Gasteiger partial charge in [0.25, 0.3) is 5.56 Å². The third kappa shape index (κ3) is 2.45. The third-order valence-corrected chi connectivity index (χ3v) is 2.56. The summed E-state index contributed by atoms with van der Waals surface area (Å²) in [6.07, 6.45) is -4.41. The quantitative estimate of drug-likeness (QED) is 0.830. The van der Waals surface area contributed by atoms with Gasteiger partial charge in [-0.15, -0.1) is 0 Å². The molecule has 0 aliphatic rings. The first-order valence-corrected chi connectivity index (χ1v) is 5.25. The second-order valence-corrected chi connectivity index (χ2v) is 3.96. The molecular formula is C13H10F3NO. The van der Waals surface area contributed by atoms with E-state index in [2.05, 4.69) is 4.98 Å². The predicted octanol–water partition coefficient (Wildman–Crippen LogP) is 3.37. The average molecular weight is 253 g/mol. The van der Waals surface area contributed by atoms with Gasteiger partial charge in [-0.1, -0.05) is 12.1 Å². The Bertz CT molecular complexity index is 629. The van der Waals surface area contributed by atoms with Crippen LogP contribution in [0.25, 0.3) is 11.1 Å². The molecule has 0 bridgehead atoms. The molecule has 0 spiro atoms. The monoisotopic (exact) mass is 253 g/mol. The molecule has 0 saturated heterocycles. The zero-order valence-electron chi connectivity index (χ0n) is 9.51. The van der Waals surface area contributed by atoms with E-state index in [4.69, 9.17) is 0 Å². The number of halogens is 3. The molecule has 2 nitrogen and oxygen atoms in total. The lowest BCUT2D eigenvalue weighted by molar-refractivity contribution is -0.137. The fraction of sp³-hybridized carbons (Fsp3) is 0.154. The number of nitrogens with one attached hydrogen (secondary N) is 1. The Balaban J connectivity index is 2.55. The van der Waals surface area contributed by atoms with Crippen molar-refractivity contribution in [1.82, 2.24) is 4.98 Å². The Morgan fingerprint density at radius 1 is 1.11 bits per heavy atom. The molecule has 0 atom stereocenters. The number of aryl methyl sites for hydroxylation is 1. The van der Waals surface area contributed by atoms with Crippen LogP contribution in [0.3, 0.4) is 0 Å². The number of aromatic nitrogens is 1. The van der Waals surface area contributed by atoms with Gasteiger partial charge in [-0.3, -0.25) is 4.79 Å². The first-order chi connectivity index (χ1) is 8.38. The molecule has 5 heteroatoms. The molecule has 0 aliphatic carbocycles. The van der Waals surface area contributed by atoms with Crippen molar-refractivity contribution in [3.63, 3.8) is 0 Å². The lowest BCUT2D eigenvalue weighted by Gasteiger charge is -2.08. The second-order valence-electron chi connectivity index (χ2n) is 3.96. The molecule has 1 aromatic heterocycles. The lowest BCUT2D eigenvalue weighted by atomic mass is 10.0. The van der Waals surface area contributed by atoms with Crippen LogP contribution >= 0.6 is 0 Å². The van der Waals surface area contributed by atoms with Gasteiger partial charge in [0.1, 0.15) is 0 Å². The molecule has 2 rings (SSSR count). The fourth-order valence-electron chi connectivity index (χ4n) is 1.66. The van der Waals surface area contributed by atoms with Crippen LogP contribution in [-0.4, -0.2) is 4.98 Å². The highest BCUT2D eigenvalue weighted by Gasteiger charge is 2.30. The largest absolute Gasteiger partial charge is 0.416 e. The molecule has 94 valence electrons. The summed E-state index contributed by atoms with van der Waals surface area (Å²) in [5.74, 6) is 0. The minimum absolute atomic E-state index is 0.228. The van der Waals surface area contributed by atoms with E-state index in [1.165, 1.54) is 18.2 Å². The number of H-pyrrole nitrogens is 1. The minimum atomic E-state index is -4.41. The Morgan fingerprint density at radius 2 is 1.83 bits per heavy atom. The summed E-state index contributed by atoms with van der Waals surface area (Å²) in [6.45, 7) is 1.71. The van der Waals surface area contributed by atoms with Crippen LogP contribution in [0.1, 0.15) is 11.3 Å². The van der Waals surface area contributed by atoms with Gasteiger partial charge in [-0.25, -0.2) is 0 Å². The van der Waals surface area contributed by atoms with Gasteiger partial charge in [-0.2, -0.15) is 13.2 Å². The SMILES string of the molecule is Cc1ccc(-c2cccc(C(F)(F)F)c2)c(=O)[nH]1. The van der Waals surface area contributed by atoms with Crippen LogP contribution in [0.2, 0.25) is 0 Å². The Hall–Kier alpha value is -2.04. The topological polar surface area (TPSA) is 32.9 Å². The van der Waals surface area contributed by atoms with E-state index < -0.39 is 17.3 Å². The van der Waals surface area contributed by atoms with E-state index in [0.29, 0.717) is 5.69 Å². The van der Waals surface area contributed by atoms with Crippen molar-refractivity contribution in [2.75, 3.05) is 0 Å². The van der Waals surface area contributed by atoms with Crippen molar-refractivity contribution in [1.29, 1.82) is 0 Å². The summed E-state index contributed by atoms with van der Waals surface area (Å²) in [5, 5.41) is 0. The van der Waals surface area contributed by atoms with Crippen LogP contribution in [0.4, 0.5) is 13.2 Å². The van der Waals surface area contributed by atoms with Crippen molar-refractivity contribution in [2.45, 2.75) is 13.1 Å². The smallest absolute Gasteiger partial charge is 0.326 e. The fourth-order valence-corrected chi connectivity index (χ4v) is 1.66. The molecule has 0 saturated carbocycles. The number of hydrogen-bond donors (Lipinski definition) is 1. The van der Waals surface area contributed by atoms with Crippen LogP contribution in [0.15, 0.2) is 41.2 Å². The molecule has 0 fully saturated rings. The summed E-state index contributed by atoms with van der Waals surface area (Å²) in [6, 6.07) is 7.89. The van der Waals surface area contributed by atoms with Gasteiger partial charge in [-0.05, 0) is 36.8 Å². The van der Waals surface area contributed by atoms with E-state index in [0.717, 1.165) is 12.1 Å². The molecule has 2 aromatic rings. The Morgan fingerprint density at radius 3 is 2.44 bits per heavy atom. The van der Waals surface area contributed by atoms with Crippen molar-refractivity contribution in [3.05, 3.63) is 58.0 Å². The van der Waals surface area contributed by atoms with Crippen molar-refractivity contribution >= 4 is 0 Å². The van der Waals surface area contributed by atoms with Crippen molar-refractivity contribution in [2.24, 2.45) is 0 Å². The van der Waals surface area contributed by atoms with Gasteiger partial charge in [0.05, 0.1) is 5.56 Å². The molecule has 0 unspecified atom stereocenters. The Kier molecular flexibility index (Phi) is 2.98. The summed E-state index contributed by atoms with van der Waals surface area (Å²) in [4.78, 5) is 14.2. The molecule has 0 aliphatic heterocycles. The summed E-state index contributed by atoms with van der Waals surface area (Å²) >= 11 is 0. The lowest BCUT2D eigenvalue weighted by Crippen LogP contribution is -2.10. The number of pyridine rings is 1. The van der Waals surface area contributed by atoms with Crippen LogP contribution in [0, 0.1) is 6.92 Å². The van der Waals surface area contributed by atoms with Gasteiger partial charge in [0, 0.05) is 11.3 Å². The number of hydrogen-bond acceptors (Lipinski definition) is 1. The number of benzene rings is 1. The van der Waals surface area contributed by atoms with Crippen LogP contribution in [-0.2, 0) is 6.18 Å². The van der Waals surface area contributed by atoms with E-state index in [-0.39, 0.29) is 11.1 Å². The van der Waals surface area contributed by atoms with Crippen molar-refractivity contribution in [3.8, 4) is 11.1 Å². The Labute approximate surface area is 101 Å². The summed E-state index contributed by atoms with van der Waals surface area (Å²) < 4.78 is 37.7. The second kappa shape index (κ2) is 4.33. The molecule has 1 heterocycles. The molecule has 1 aromatic carbocycles. The zero-order chi connectivity index (χ0) is 13.3. The van der Waals surface area contributed by atoms with Gasteiger partial charge < -0.3 is 4.98 Å². The number of aromatic amines is 1.